The molecule has 0 saturated heterocycles. The lowest BCUT2D eigenvalue weighted by Gasteiger charge is -2.31. The third kappa shape index (κ3) is 6.91. The second-order valence-corrected chi connectivity index (χ2v) is 8.33. The average molecular weight is 491 g/mol. The van der Waals surface area contributed by atoms with E-state index in [1.54, 1.807) is 24.0 Å². The standard InChI is InChI=1S/C25H29F3N4O3/c1-4-18(2)32(24(34)29-20-9-5-8-19(14-20)25(26,27)28)17-23(33)31(16-22-11-7-13-35-22)15-21-10-6-12-30(21)3/h5-14,18H,4,15-17H2,1-3H3,(H,29,34). The van der Waals surface area contributed by atoms with Gasteiger partial charge in [-0.1, -0.05) is 13.0 Å². The molecule has 35 heavy (non-hydrogen) atoms. The second kappa shape index (κ2) is 11.2. The quantitative estimate of drug-likeness (QED) is 0.431. The summed E-state index contributed by atoms with van der Waals surface area (Å²) in [6.07, 6.45) is -0.580. The Morgan fingerprint density at radius 1 is 1.11 bits per heavy atom. The Morgan fingerprint density at radius 3 is 2.49 bits per heavy atom. The van der Waals surface area contributed by atoms with Crippen molar-refractivity contribution in [3.8, 4) is 0 Å². The van der Waals surface area contributed by atoms with Crippen molar-refractivity contribution in [2.24, 2.45) is 7.05 Å². The Hall–Kier alpha value is -3.69. The van der Waals surface area contributed by atoms with Gasteiger partial charge >= 0.3 is 12.2 Å². The number of benzene rings is 1. The first-order valence-electron chi connectivity index (χ1n) is 11.2. The van der Waals surface area contributed by atoms with E-state index in [0.29, 0.717) is 18.7 Å². The molecule has 0 aliphatic heterocycles. The number of aromatic nitrogens is 1. The summed E-state index contributed by atoms with van der Waals surface area (Å²) in [5.74, 6) is 0.276. The Balaban J connectivity index is 1.79. The van der Waals surface area contributed by atoms with Gasteiger partial charge in [-0.15, -0.1) is 0 Å². The molecular formula is C25H29F3N4O3. The van der Waals surface area contributed by atoms with E-state index in [-0.39, 0.29) is 30.7 Å². The zero-order chi connectivity index (χ0) is 25.6. The van der Waals surface area contributed by atoms with Crippen molar-refractivity contribution >= 4 is 17.6 Å². The lowest BCUT2D eigenvalue weighted by molar-refractivity contribution is -0.137. The number of halogens is 3. The van der Waals surface area contributed by atoms with Crippen molar-refractivity contribution < 1.29 is 27.2 Å². The van der Waals surface area contributed by atoms with E-state index in [0.717, 1.165) is 17.8 Å². The second-order valence-electron chi connectivity index (χ2n) is 8.33. The minimum atomic E-state index is -4.53. The number of aryl methyl sites for hydroxylation is 1. The van der Waals surface area contributed by atoms with Gasteiger partial charge in [-0.25, -0.2) is 4.79 Å². The van der Waals surface area contributed by atoms with E-state index in [1.807, 2.05) is 36.9 Å². The first kappa shape index (κ1) is 25.9. The largest absolute Gasteiger partial charge is 0.467 e. The number of hydrogen-bond donors (Lipinski definition) is 1. The van der Waals surface area contributed by atoms with Gasteiger partial charge in [0.1, 0.15) is 12.3 Å². The highest BCUT2D eigenvalue weighted by Crippen LogP contribution is 2.30. The number of hydrogen-bond acceptors (Lipinski definition) is 3. The number of rotatable bonds is 9. The van der Waals surface area contributed by atoms with E-state index in [1.165, 1.54) is 23.3 Å². The monoisotopic (exact) mass is 490 g/mol. The van der Waals surface area contributed by atoms with Crippen LogP contribution in [0.1, 0.15) is 37.3 Å². The molecule has 3 rings (SSSR count). The molecule has 0 bridgehead atoms. The molecule has 188 valence electrons. The fourth-order valence-electron chi connectivity index (χ4n) is 3.54. The molecule has 3 aromatic rings. The summed E-state index contributed by atoms with van der Waals surface area (Å²) in [6.45, 7) is 3.91. The molecule has 1 N–H and O–H groups in total. The number of carbonyl (C=O) groups excluding carboxylic acids is 2. The molecule has 0 radical (unpaired) electrons. The average Bonchev–Trinajstić information content (AvgIpc) is 3.47. The molecule has 2 aromatic heterocycles. The van der Waals surface area contributed by atoms with Crippen LogP contribution >= 0.6 is 0 Å². The van der Waals surface area contributed by atoms with Gasteiger partial charge in [0.15, 0.2) is 0 Å². The Morgan fingerprint density at radius 2 is 1.89 bits per heavy atom. The fraction of sp³-hybridized carbons (Fsp3) is 0.360. The summed E-state index contributed by atoms with van der Waals surface area (Å²) in [6, 6.07) is 10.7. The van der Waals surface area contributed by atoms with E-state index >= 15 is 0 Å². The van der Waals surface area contributed by atoms with Crippen LogP contribution in [0.2, 0.25) is 0 Å². The molecule has 3 amide bonds. The topological polar surface area (TPSA) is 70.7 Å². The number of amides is 3. The molecule has 1 unspecified atom stereocenters. The zero-order valence-electron chi connectivity index (χ0n) is 19.9. The van der Waals surface area contributed by atoms with Gasteiger partial charge in [0, 0.05) is 30.7 Å². The van der Waals surface area contributed by atoms with Gasteiger partial charge in [0.2, 0.25) is 5.91 Å². The lowest BCUT2D eigenvalue weighted by atomic mass is 10.2. The third-order valence-corrected chi connectivity index (χ3v) is 5.81. The van der Waals surface area contributed by atoms with Crippen LogP contribution in [-0.2, 0) is 31.1 Å². The Labute approximate surface area is 202 Å². The Kier molecular flexibility index (Phi) is 8.26. The van der Waals surface area contributed by atoms with Crippen LogP contribution in [0.5, 0.6) is 0 Å². The smallest absolute Gasteiger partial charge is 0.416 e. The minimum Gasteiger partial charge on any atom is -0.467 e. The van der Waals surface area contributed by atoms with Crippen LogP contribution in [0.3, 0.4) is 0 Å². The summed E-state index contributed by atoms with van der Waals surface area (Å²) < 4.78 is 46.5. The van der Waals surface area contributed by atoms with Crippen molar-refractivity contribution in [3.05, 3.63) is 78.0 Å². The molecule has 0 fully saturated rings. The molecule has 0 aliphatic carbocycles. The summed E-state index contributed by atoms with van der Waals surface area (Å²) in [7, 11) is 1.87. The van der Waals surface area contributed by atoms with E-state index in [9.17, 15) is 22.8 Å². The van der Waals surface area contributed by atoms with E-state index in [2.05, 4.69) is 5.32 Å². The minimum absolute atomic E-state index is 0.00169. The number of anilines is 1. The number of nitrogens with zero attached hydrogens (tertiary/aromatic N) is 3. The third-order valence-electron chi connectivity index (χ3n) is 5.81. The number of carbonyl (C=O) groups is 2. The molecule has 2 heterocycles. The molecule has 10 heteroatoms. The molecule has 7 nitrogen and oxygen atoms in total. The van der Waals surface area contributed by atoms with Gasteiger partial charge in [0.05, 0.1) is 24.9 Å². The highest BCUT2D eigenvalue weighted by Gasteiger charge is 2.31. The maximum atomic E-state index is 13.4. The number of furan rings is 1. The molecule has 0 spiro atoms. The number of alkyl halides is 3. The van der Waals surface area contributed by atoms with Crippen LogP contribution in [-0.4, -0.2) is 38.9 Å². The number of nitrogens with one attached hydrogen (secondary N) is 1. The van der Waals surface area contributed by atoms with Crippen molar-refractivity contribution in [2.75, 3.05) is 11.9 Å². The summed E-state index contributed by atoms with van der Waals surface area (Å²) in [5, 5.41) is 2.51. The first-order valence-corrected chi connectivity index (χ1v) is 11.2. The van der Waals surface area contributed by atoms with Gasteiger partial charge in [-0.3, -0.25) is 4.79 Å². The van der Waals surface area contributed by atoms with Crippen LogP contribution in [0, 0.1) is 0 Å². The molecule has 1 aromatic carbocycles. The van der Waals surface area contributed by atoms with Gasteiger partial charge in [-0.2, -0.15) is 13.2 Å². The van der Waals surface area contributed by atoms with Crippen LogP contribution in [0.4, 0.5) is 23.7 Å². The SMILES string of the molecule is CCC(C)N(CC(=O)N(Cc1ccco1)Cc1cccn1C)C(=O)Nc1cccc(C(F)(F)F)c1. The number of urea groups is 1. The first-order chi connectivity index (χ1) is 16.6. The predicted octanol–water partition coefficient (Wildman–Crippen LogP) is 5.50. The molecule has 0 aliphatic rings. The van der Waals surface area contributed by atoms with Crippen LogP contribution in [0.25, 0.3) is 0 Å². The van der Waals surface area contributed by atoms with Crippen LogP contribution in [0.15, 0.2) is 65.4 Å². The predicted molar refractivity (Wildman–Crippen MR) is 125 cm³/mol. The van der Waals surface area contributed by atoms with E-state index in [4.69, 9.17) is 4.42 Å². The van der Waals surface area contributed by atoms with Gasteiger partial charge < -0.3 is 24.1 Å². The van der Waals surface area contributed by atoms with Crippen molar-refractivity contribution in [2.45, 2.75) is 45.6 Å². The molecule has 1 atom stereocenters. The molecular weight excluding hydrogens is 461 g/mol. The maximum absolute atomic E-state index is 13.4. The fourth-order valence-corrected chi connectivity index (χ4v) is 3.54. The van der Waals surface area contributed by atoms with E-state index < -0.39 is 17.8 Å². The highest BCUT2D eigenvalue weighted by molar-refractivity contribution is 5.92. The van der Waals surface area contributed by atoms with Crippen molar-refractivity contribution in [1.29, 1.82) is 0 Å². The van der Waals surface area contributed by atoms with Crippen molar-refractivity contribution in [3.63, 3.8) is 0 Å². The Bertz CT molecular complexity index is 1130. The highest BCUT2D eigenvalue weighted by atomic mass is 19.4. The summed E-state index contributed by atoms with van der Waals surface area (Å²) in [5.41, 5.74) is 0.0314. The van der Waals surface area contributed by atoms with Gasteiger partial charge in [-0.05, 0) is 55.8 Å². The zero-order valence-corrected chi connectivity index (χ0v) is 19.9. The molecule has 0 saturated carbocycles. The summed E-state index contributed by atoms with van der Waals surface area (Å²) in [4.78, 5) is 29.4. The summed E-state index contributed by atoms with van der Waals surface area (Å²) >= 11 is 0. The van der Waals surface area contributed by atoms with Gasteiger partial charge in [0.25, 0.3) is 0 Å². The maximum Gasteiger partial charge on any atom is 0.416 e. The lowest BCUT2D eigenvalue weighted by Crippen LogP contribution is -2.48. The van der Waals surface area contributed by atoms with Crippen molar-refractivity contribution in [1.82, 2.24) is 14.4 Å². The van der Waals surface area contributed by atoms with Crippen LogP contribution < -0.4 is 5.32 Å². The normalized spacial score (nSPS) is 12.3.